The summed E-state index contributed by atoms with van der Waals surface area (Å²) in [5, 5.41) is 7.75. The molecule has 0 unspecified atom stereocenters. The number of nitrogens with zero attached hydrogens (tertiary/aromatic N) is 2. The van der Waals surface area contributed by atoms with Crippen LogP contribution in [0.2, 0.25) is 10.2 Å². The highest BCUT2D eigenvalue weighted by molar-refractivity contribution is 6.33. The van der Waals surface area contributed by atoms with Gasteiger partial charge in [-0.15, -0.1) is 0 Å². The molecule has 1 aromatic heterocycles. The average Bonchev–Trinajstić information content (AvgIpc) is 2.84. The number of halogens is 2. The number of anilines is 1. The molecule has 1 atom stereocenters. The largest absolute Gasteiger partial charge is 0.449 e. The van der Waals surface area contributed by atoms with Gasteiger partial charge in [0.1, 0.15) is 10.7 Å². The summed E-state index contributed by atoms with van der Waals surface area (Å²) in [7, 11) is 0. The summed E-state index contributed by atoms with van der Waals surface area (Å²) in [6.45, 7) is 9.59. The number of aryl methyl sites for hydroxylation is 1. The van der Waals surface area contributed by atoms with Crippen molar-refractivity contribution < 1.29 is 14.3 Å². The number of aromatic nitrogens is 2. The number of benzene rings is 1. The van der Waals surface area contributed by atoms with Crippen LogP contribution in [-0.2, 0) is 16.1 Å². The highest BCUT2D eigenvalue weighted by atomic mass is 35.5. The molecule has 0 aliphatic heterocycles. The van der Waals surface area contributed by atoms with Crippen LogP contribution in [-0.4, -0.2) is 27.8 Å². The number of rotatable bonds is 6. The van der Waals surface area contributed by atoms with Gasteiger partial charge in [0.2, 0.25) is 0 Å². The van der Waals surface area contributed by atoms with Crippen LogP contribution in [0.4, 0.5) is 5.69 Å². The molecule has 1 amide bonds. The second kappa shape index (κ2) is 8.76. The Hall–Kier alpha value is -2.05. The van der Waals surface area contributed by atoms with E-state index >= 15 is 0 Å². The molecule has 8 heteroatoms. The van der Waals surface area contributed by atoms with Gasteiger partial charge >= 0.3 is 5.97 Å². The van der Waals surface area contributed by atoms with Crippen molar-refractivity contribution in [1.29, 1.82) is 0 Å². The summed E-state index contributed by atoms with van der Waals surface area (Å²) >= 11 is 12.3. The first-order chi connectivity index (χ1) is 12.6. The van der Waals surface area contributed by atoms with Gasteiger partial charge in [0.05, 0.1) is 5.69 Å². The summed E-state index contributed by atoms with van der Waals surface area (Å²) in [5.41, 5.74) is 1.94. The van der Waals surface area contributed by atoms with Gasteiger partial charge in [-0.3, -0.25) is 9.48 Å². The fourth-order valence-electron chi connectivity index (χ4n) is 2.50. The fourth-order valence-corrected chi connectivity index (χ4v) is 3.00. The van der Waals surface area contributed by atoms with Gasteiger partial charge in [0.15, 0.2) is 6.10 Å². The van der Waals surface area contributed by atoms with Crippen LogP contribution in [0.3, 0.4) is 0 Å². The Kier molecular flexibility index (Phi) is 6.89. The number of carbonyl (C=O) groups excluding carboxylic acids is 2. The molecule has 2 rings (SSSR count). The molecule has 1 heterocycles. The zero-order valence-electron chi connectivity index (χ0n) is 16.0. The standard InChI is InChI=1S/C19H23Cl2N3O3/c1-10(2)9-24-17(21)16(12(4)23-24)19(26)27-13(5)18(25)22-15-8-6-7-14(20)11(15)3/h6-8,10,13H,9H2,1-5H3,(H,22,25)/t13-/m0/s1. The van der Waals surface area contributed by atoms with Crippen molar-refractivity contribution in [2.24, 2.45) is 5.92 Å². The number of hydrogen-bond acceptors (Lipinski definition) is 4. The summed E-state index contributed by atoms with van der Waals surface area (Å²) in [5.74, 6) is -0.827. The lowest BCUT2D eigenvalue weighted by atomic mass is 10.2. The van der Waals surface area contributed by atoms with E-state index in [-0.39, 0.29) is 10.7 Å². The smallest absolute Gasteiger partial charge is 0.343 e. The Balaban J connectivity index is 2.10. The van der Waals surface area contributed by atoms with Crippen molar-refractivity contribution in [3.05, 3.63) is 45.2 Å². The monoisotopic (exact) mass is 411 g/mol. The Morgan fingerprint density at radius 1 is 1.22 bits per heavy atom. The SMILES string of the molecule is Cc1nn(CC(C)C)c(Cl)c1C(=O)O[C@@H](C)C(=O)Nc1cccc(Cl)c1C. The zero-order chi connectivity index (χ0) is 20.3. The maximum Gasteiger partial charge on any atom is 0.343 e. The van der Waals surface area contributed by atoms with E-state index in [0.29, 0.717) is 28.9 Å². The van der Waals surface area contributed by atoms with Crippen molar-refractivity contribution in [1.82, 2.24) is 9.78 Å². The minimum atomic E-state index is -1.01. The molecule has 0 aliphatic rings. The molecule has 146 valence electrons. The molecule has 2 aromatic rings. The molecule has 0 saturated carbocycles. The third kappa shape index (κ3) is 5.02. The summed E-state index contributed by atoms with van der Waals surface area (Å²) in [6.07, 6.45) is -1.01. The predicted octanol–water partition coefficient (Wildman–Crippen LogP) is 4.65. The third-order valence-corrected chi connectivity index (χ3v) is 4.78. The minimum absolute atomic E-state index is 0.177. The number of carbonyl (C=O) groups is 2. The number of nitrogens with one attached hydrogen (secondary N) is 1. The second-order valence-corrected chi connectivity index (χ2v) is 7.54. The Bertz CT molecular complexity index is 862. The molecule has 0 aliphatic carbocycles. The predicted molar refractivity (Wildman–Crippen MR) is 107 cm³/mol. The van der Waals surface area contributed by atoms with Gasteiger partial charge in [-0.1, -0.05) is 43.1 Å². The quantitative estimate of drug-likeness (QED) is 0.702. The normalized spacial score (nSPS) is 12.1. The molecule has 0 fully saturated rings. The Morgan fingerprint density at radius 2 is 1.89 bits per heavy atom. The third-order valence-electron chi connectivity index (χ3n) is 3.99. The van der Waals surface area contributed by atoms with Gasteiger partial charge in [-0.2, -0.15) is 5.10 Å². The zero-order valence-corrected chi connectivity index (χ0v) is 17.5. The van der Waals surface area contributed by atoms with Crippen LogP contribution in [0.15, 0.2) is 18.2 Å². The van der Waals surface area contributed by atoms with E-state index in [1.165, 1.54) is 6.92 Å². The molecule has 0 saturated heterocycles. The number of hydrogen-bond donors (Lipinski definition) is 1. The molecular weight excluding hydrogens is 389 g/mol. The molecule has 1 aromatic carbocycles. The van der Waals surface area contributed by atoms with E-state index in [1.54, 1.807) is 36.7 Å². The summed E-state index contributed by atoms with van der Waals surface area (Å²) < 4.78 is 6.87. The van der Waals surface area contributed by atoms with E-state index in [2.05, 4.69) is 10.4 Å². The topological polar surface area (TPSA) is 73.2 Å². The minimum Gasteiger partial charge on any atom is -0.449 e. The molecule has 27 heavy (non-hydrogen) atoms. The molecule has 0 spiro atoms. The van der Waals surface area contributed by atoms with Gasteiger partial charge in [-0.25, -0.2) is 4.79 Å². The second-order valence-electron chi connectivity index (χ2n) is 6.78. The van der Waals surface area contributed by atoms with Crippen molar-refractivity contribution in [2.75, 3.05) is 5.32 Å². The number of ether oxygens (including phenoxy) is 1. The Morgan fingerprint density at radius 3 is 2.52 bits per heavy atom. The van der Waals surface area contributed by atoms with Gasteiger partial charge < -0.3 is 10.1 Å². The van der Waals surface area contributed by atoms with E-state index < -0.39 is 18.0 Å². The van der Waals surface area contributed by atoms with E-state index in [9.17, 15) is 9.59 Å². The van der Waals surface area contributed by atoms with Crippen molar-refractivity contribution in [3.63, 3.8) is 0 Å². The fraction of sp³-hybridized carbons (Fsp3) is 0.421. The van der Waals surface area contributed by atoms with Crippen molar-refractivity contribution in [2.45, 2.75) is 47.3 Å². The van der Waals surface area contributed by atoms with Crippen LogP contribution in [0.5, 0.6) is 0 Å². The van der Waals surface area contributed by atoms with Gasteiger partial charge in [-0.05, 0) is 44.4 Å². The molecular formula is C19H23Cl2N3O3. The number of amides is 1. The van der Waals surface area contributed by atoms with Crippen molar-refractivity contribution >= 4 is 40.8 Å². The highest BCUT2D eigenvalue weighted by Gasteiger charge is 2.26. The van der Waals surface area contributed by atoms with Crippen LogP contribution < -0.4 is 5.32 Å². The van der Waals surface area contributed by atoms with Crippen LogP contribution >= 0.6 is 23.2 Å². The van der Waals surface area contributed by atoms with Gasteiger partial charge in [0, 0.05) is 17.3 Å². The lowest BCUT2D eigenvalue weighted by Gasteiger charge is -2.15. The lowest BCUT2D eigenvalue weighted by molar-refractivity contribution is -0.123. The van der Waals surface area contributed by atoms with E-state index in [4.69, 9.17) is 27.9 Å². The maximum absolute atomic E-state index is 12.5. The summed E-state index contributed by atoms with van der Waals surface area (Å²) in [6, 6.07) is 5.19. The molecule has 0 bridgehead atoms. The van der Waals surface area contributed by atoms with Crippen LogP contribution in [0, 0.1) is 19.8 Å². The highest BCUT2D eigenvalue weighted by Crippen LogP contribution is 2.24. The van der Waals surface area contributed by atoms with E-state index in [1.807, 2.05) is 13.8 Å². The number of esters is 1. The maximum atomic E-state index is 12.5. The average molecular weight is 412 g/mol. The first-order valence-corrected chi connectivity index (χ1v) is 9.37. The van der Waals surface area contributed by atoms with Crippen LogP contribution in [0.25, 0.3) is 0 Å². The lowest BCUT2D eigenvalue weighted by Crippen LogP contribution is -2.30. The van der Waals surface area contributed by atoms with Crippen molar-refractivity contribution in [3.8, 4) is 0 Å². The molecule has 0 radical (unpaired) electrons. The first-order valence-electron chi connectivity index (χ1n) is 8.61. The molecule has 1 N–H and O–H groups in total. The summed E-state index contributed by atoms with van der Waals surface area (Å²) in [4.78, 5) is 24.9. The van der Waals surface area contributed by atoms with E-state index in [0.717, 1.165) is 5.56 Å². The van der Waals surface area contributed by atoms with Gasteiger partial charge in [0.25, 0.3) is 5.91 Å². The molecule has 6 nitrogen and oxygen atoms in total. The van der Waals surface area contributed by atoms with Crippen LogP contribution in [0.1, 0.15) is 42.4 Å². The Labute approximate surface area is 168 Å². The first kappa shape index (κ1) is 21.3.